The van der Waals surface area contributed by atoms with Crippen molar-refractivity contribution in [1.29, 1.82) is 0 Å². The number of fused-ring (bicyclic) bond motifs is 2. The van der Waals surface area contributed by atoms with Crippen molar-refractivity contribution in [2.75, 3.05) is 12.8 Å². The number of nitrogens with one attached hydrogen (secondary N) is 2. The van der Waals surface area contributed by atoms with Gasteiger partial charge in [-0.25, -0.2) is 4.99 Å². The van der Waals surface area contributed by atoms with Gasteiger partial charge >= 0.3 is 0 Å². The summed E-state index contributed by atoms with van der Waals surface area (Å²) in [5.41, 5.74) is 9.61. The molecule has 0 bridgehead atoms. The fraction of sp³-hybridized carbons (Fsp3) is 0.219. The number of aromatic nitrogens is 5. The lowest BCUT2D eigenvalue weighted by Gasteiger charge is -2.21. The molecular formula is C32H30N8O3. The van der Waals surface area contributed by atoms with Crippen molar-refractivity contribution < 1.29 is 9.53 Å². The topological polar surface area (TPSA) is 145 Å². The Balaban J connectivity index is 1.49. The Morgan fingerprint density at radius 2 is 2.02 bits per heavy atom. The molecule has 4 N–H and O–H groups in total. The van der Waals surface area contributed by atoms with Gasteiger partial charge in [-0.3, -0.25) is 23.9 Å². The second kappa shape index (κ2) is 11.3. The van der Waals surface area contributed by atoms with E-state index >= 15 is 0 Å². The van der Waals surface area contributed by atoms with E-state index in [1.165, 1.54) is 6.21 Å². The summed E-state index contributed by atoms with van der Waals surface area (Å²) in [5, 5.41) is 15.2. The molecule has 11 nitrogen and oxygen atoms in total. The molecule has 1 amide bonds. The monoisotopic (exact) mass is 574 g/mol. The number of methoxy groups -OCH3 is 1. The molecule has 11 heteroatoms. The van der Waals surface area contributed by atoms with Crippen molar-refractivity contribution in [3.8, 4) is 23.3 Å². The third-order valence-corrected chi connectivity index (χ3v) is 7.50. The molecule has 0 radical (unpaired) electrons. The van der Waals surface area contributed by atoms with Gasteiger partial charge in [0.25, 0.3) is 11.5 Å². The number of nitrogen functional groups attached to an aromatic ring is 1. The Hall–Kier alpha value is -5.63. The maximum Gasteiger partial charge on any atom is 0.264 e. The first kappa shape index (κ1) is 27.5. The minimum Gasteiger partial charge on any atom is -0.497 e. The van der Waals surface area contributed by atoms with Gasteiger partial charge in [0.15, 0.2) is 5.82 Å². The molecule has 216 valence electrons. The standard InChI is InChI=1S/C32H30N8O3/c1-4-34-30-28(29(33)37-38-30)31(41)36-19(2)26-16-21-9-5-8-20(13-14-22-18-35-39-15-7-12-25(22)39)27(21)32(42)40(26)23-10-6-11-24(17-23)43-3/h4-6,8-11,16-19H,7,12,15H2,1-3H3,(H,36,41)(H3,33,37,38). The number of rotatable bonds is 6. The van der Waals surface area contributed by atoms with Gasteiger partial charge in [0, 0.05) is 30.1 Å². The van der Waals surface area contributed by atoms with Crippen molar-refractivity contribution in [1.82, 2.24) is 29.9 Å². The van der Waals surface area contributed by atoms with Crippen LogP contribution in [0.2, 0.25) is 0 Å². The Bertz CT molecular complexity index is 2020. The SMILES string of the molecule is CC=Nc1n[nH]c(N)c1C(=O)NC(C)c1cc2cccc(C#Cc3cnn4c3CCC4)c2c(=O)n1-c1cccc(OC)c1. The van der Waals surface area contributed by atoms with E-state index in [4.69, 9.17) is 10.5 Å². The van der Waals surface area contributed by atoms with Gasteiger partial charge < -0.3 is 15.8 Å². The molecular weight excluding hydrogens is 544 g/mol. The number of anilines is 1. The van der Waals surface area contributed by atoms with E-state index in [-0.39, 0.29) is 22.8 Å². The Morgan fingerprint density at radius 3 is 2.84 bits per heavy atom. The van der Waals surface area contributed by atoms with Gasteiger partial charge in [0.1, 0.15) is 17.1 Å². The number of amides is 1. The van der Waals surface area contributed by atoms with Crippen molar-refractivity contribution >= 4 is 34.5 Å². The number of ether oxygens (including phenoxy) is 1. The highest BCUT2D eigenvalue weighted by Crippen LogP contribution is 2.27. The maximum absolute atomic E-state index is 14.4. The van der Waals surface area contributed by atoms with E-state index in [0.717, 1.165) is 30.6 Å². The molecule has 5 aromatic rings. The zero-order valence-corrected chi connectivity index (χ0v) is 24.0. The summed E-state index contributed by atoms with van der Waals surface area (Å²) in [6, 6.07) is 14.1. The highest BCUT2D eigenvalue weighted by molar-refractivity contribution is 6.03. The highest BCUT2D eigenvalue weighted by Gasteiger charge is 2.24. The zero-order valence-electron chi connectivity index (χ0n) is 24.0. The zero-order chi connectivity index (χ0) is 30.1. The van der Waals surface area contributed by atoms with Gasteiger partial charge in [0.2, 0.25) is 0 Å². The lowest BCUT2D eigenvalue weighted by atomic mass is 10.0. The predicted octanol–water partition coefficient (Wildman–Crippen LogP) is 4.06. The Labute approximate surface area is 247 Å². The normalized spacial score (nSPS) is 13.1. The number of H-pyrrole nitrogens is 1. The van der Waals surface area contributed by atoms with Crippen LogP contribution in [0.25, 0.3) is 16.5 Å². The van der Waals surface area contributed by atoms with Gasteiger partial charge in [-0.1, -0.05) is 30.0 Å². The number of nitrogens with two attached hydrogens (primary N) is 1. The quantitative estimate of drug-likeness (QED) is 0.206. The molecule has 1 aliphatic heterocycles. The van der Waals surface area contributed by atoms with Crippen LogP contribution in [0, 0.1) is 11.8 Å². The van der Waals surface area contributed by atoms with E-state index in [1.807, 2.05) is 41.1 Å². The van der Waals surface area contributed by atoms with Gasteiger partial charge in [-0.2, -0.15) is 10.2 Å². The van der Waals surface area contributed by atoms with Crippen LogP contribution in [0.1, 0.15) is 59.2 Å². The third-order valence-electron chi connectivity index (χ3n) is 7.50. The lowest BCUT2D eigenvalue weighted by molar-refractivity contribution is 0.0940. The summed E-state index contributed by atoms with van der Waals surface area (Å²) >= 11 is 0. The van der Waals surface area contributed by atoms with Crippen LogP contribution < -0.4 is 21.3 Å². The van der Waals surface area contributed by atoms with Crippen LogP contribution in [0.5, 0.6) is 5.75 Å². The van der Waals surface area contributed by atoms with E-state index < -0.39 is 11.9 Å². The van der Waals surface area contributed by atoms with Crippen LogP contribution in [0.4, 0.5) is 11.6 Å². The van der Waals surface area contributed by atoms with E-state index in [1.54, 1.807) is 43.9 Å². The smallest absolute Gasteiger partial charge is 0.264 e. The van der Waals surface area contributed by atoms with E-state index in [0.29, 0.717) is 33.5 Å². The number of nitrogens with zero attached hydrogens (tertiary/aromatic N) is 5. The van der Waals surface area contributed by atoms with Crippen molar-refractivity contribution in [3.05, 3.63) is 93.2 Å². The minimum atomic E-state index is -0.617. The molecule has 4 heterocycles. The van der Waals surface area contributed by atoms with Crippen LogP contribution in [-0.4, -0.2) is 43.8 Å². The van der Waals surface area contributed by atoms with Gasteiger partial charge in [-0.15, -0.1) is 0 Å². The van der Waals surface area contributed by atoms with Crippen molar-refractivity contribution in [2.45, 2.75) is 39.3 Å². The number of aromatic amines is 1. The number of aryl methyl sites for hydroxylation is 1. The van der Waals surface area contributed by atoms with Crippen LogP contribution in [0.15, 0.2) is 64.5 Å². The second-order valence-corrected chi connectivity index (χ2v) is 10.2. The average molecular weight is 575 g/mol. The summed E-state index contributed by atoms with van der Waals surface area (Å²) in [4.78, 5) is 31.9. The number of hydrogen-bond acceptors (Lipinski definition) is 7. The van der Waals surface area contributed by atoms with Crippen LogP contribution >= 0.6 is 0 Å². The summed E-state index contributed by atoms with van der Waals surface area (Å²) in [6.45, 7) is 4.42. The number of benzene rings is 2. The van der Waals surface area contributed by atoms with Crippen molar-refractivity contribution in [2.24, 2.45) is 4.99 Å². The van der Waals surface area contributed by atoms with Crippen molar-refractivity contribution in [3.63, 3.8) is 0 Å². The summed E-state index contributed by atoms with van der Waals surface area (Å²) in [7, 11) is 1.57. The molecule has 1 atom stereocenters. The second-order valence-electron chi connectivity index (χ2n) is 10.2. The summed E-state index contributed by atoms with van der Waals surface area (Å²) in [5.74, 6) is 6.88. The molecule has 0 fully saturated rings. The summed E-state index contributed by atoms with van der Waals surface area (Å²) in [6.07, 6.45) is 5.30. The molecule has 0 aliphatic carbocycles. The predicted molar refractivity (Wildman–Crippen MR) is 165 cm³/mol. The number of carbonyl (C=O) groups is 1. The third kappa shape index (κ3) is 5.04. The largest absolute Gasteiger partial charge is 0.497 e. The fourth-order valence-electron chi connectivity index (χ4n) is 5.45. The van der Waals surface area contributed by atoms with Crippen LogP contribution in [0.3, 0.4) is 0 Å². The molecule has 6 rings (SSSR count). The van der Waals surface area contributed by atoms with Gasteiger partial charge in [0.05, 0.1) is 41.7 Å². The number of carbonyl (C=O) groups excluding carboxylic acids is 1. The molecule has 0 saturated heterocycles. The van der Waals surface area contributed by atoms with E-state index in [2.05, 4.69) is 37.4 Å². The first-order chi connectivity index (χ1) is 20.9. The van der Waals surface area contributed by atoms with E-state index in [9.17, 15) is 9.59 Å². The molecule has 1 aliphatic rings. The Kier molecular flexibility index (Phi) is 7.26. The molecule has 2 aromatic carbocycles. The summed E-state index contributed by atoms with van der Waals surface area (Å²) < 4.78 is 9.03. The number of hydrogen-bond donors (Lipinski definition) is 3. The highest BCUT2D eigenvalue weighted by atomic mass is 16.5. The van der Waals surface area contributed by atoms with Crippen LogP contribution in [-0.2, 0) is 13.0 Å². The molecule has 3 aromatic heterocycles. The number of aliphatic imine (C=N–C) groups is 1. The molecule has 43 heavy (non-hydrogen) atoms. The number of pyridine rings is 1. The Morgan fingerprint density at radius 1 is 1.21 bits per heavy atom. The molecule has 0 spiro atoms. The maximum atomic E-state index is 14.4. The lowest BCUT2D eigenvalue weighted by Crippen LogP contribution is -2.32. The molecule has 1 unspecified atom stereocenters. The average Bonchev–Trinajstić information content (AvgIpc) is 3.73. The first-order valence-corrected chi connectivity index (χ1v) is 13.9. The fourth-order valence-corrected chi connectivity index (χ4v) is 5.45. The first-order valence-electron chi connectivity index (χ1n) is 13.9. The molecule has 0 saturated carbocycles. The van der Waals surface area contributed by atoms with Gasteiger partial charge in [-0.05, 0) is 56.3 Å². The minimum absolute atomic E-state index is 0.0984.